The summed E-state index contributed by atoms with van der Waals surface area (Å²) < 4.78 is 6.74. The van der Waals surface area contributed by atoms with Crippen LogP contribution in [0.5, 0.6) is 5.75 Å². The predicted molar refractivity (Wildman–Crippen MR) is 86.7 cm³/mol. The van der Waals surface area contributed by atoms with Crippen molar-refractivity contribution >= 4 is 75.3 Å². The second kappa shape index (κ2) is 6.20. The molecule has 0 saturated heterocycles. The molecule has 0 unspecified atom stereocenters. The number of nitro groups is 1. The molecule has 0 amide bonds. The van der Waals surface area contributed by atoms with Crippen molar-refractivity contribution in [2.24, 2.45) is 0 Å². The van der Waals surface area contributed by atoms with E-state index in [9.17, 15) is 10.1 Å². The van der Waals surface area contributed by atoms with Gasteiger partial charge in [0.2, 0.25) is 15.8 Å². The van der Waals surface area contributed by atoms with Crippen LogP contribution in [-0.4, -0.2) is 18.8 Å². The summed E-state index contributed by atoms with van der Waals surface area (Å²) in [6, 6.07) is 2.85. The molecule has 5 nitrogen and oxygen atoms in total. The molecule has 2 atom stereocenters. The van der Waals surface area contributed by atoms with Crippen LogP contribution in [0.2, 0.25) is 0 Å². The summed E-state index contributed by atoms with van der Waals surface area (Å²) >= 11 is 34.9. The molecule has 1 aromatic carbocycles. The molecule has 0 fully saturated rings. The van der Waals surface area contributed by atoms with Gasteiger partial charge in [-0.1, -0.05) is 69.6 Å². The van der Waals surface area contributed by atoms with Crippen LogP contribution in [0.3, 0.4) is 0 Å². The normalized spacial score (nSPS) is 22.0. The van der Waals surface area contributed by atoms with Gasteiger partial charge in [0.05, 0.1) is 4.92 Å². The summed E-state index contributed by atoms with van der Waals surface area (Å²) in [7, 11) is 0. The molecule has 0 bridgehead atoms. The molecule has 11 heteroatoms. The highest BCUT2D eigenvalue weighted by molar-refractivity contribution is 6.68. The average Bonchev–Trinajstić information content (AvgIpc) is 2.33. The minimum Gasteiger partial charge on any atom is -0.453 e. The third-order valence-corrected chi connectivity index (χ3v) is 3.90. The molecule has 0 N–H and O–H groups in total. The predicted octanol–water partition coefficient (Wildman–Crippen LogP) is 5.42. The topological polar surface area (TPSA) is 61.6 Å². The summed E-state index contributed by atoms with van der Waals surface area (Å²) in [6.45, 7) is 1.64. The highest BCUT2D eigenvalue weighted by Crippen LogP contribution is 2.53. The molecule has 1 aliphatic heterocycles. The molecule has 22 heavy (non-hydrogen) atoms. The van der Waals surface area contributed by atoms with Crippen LogP contribution in [0.4, 0.5) is 5.69 Å². The molecule has 0 aliphatic carbocycles. The maximum Gasteiger partial charge on any atom is 0.311 e. The fourth-order valence-corrected chi connectivity index (χ4v) is 2.76. The Balaban J connectivity index is 2.66. The number of aryl methyl sites for hydroxylation is 1. The lowest BCUT2D eigenvalue weighted by Crippen LogP contribution is -2.42. The van der Waals surface area contributed by atoms with Crippen LogP contribution >= 0.6 is 69.6 Å². The molecule has 0 saturated carbocycles. The van der Waals surface area contributed by atoms with E-state index in [0.717, 1.165) is 0 Å². The lowest BCUT2D eigenvalue weighted by molar-refractivity contribution is -0.387. The van der Waals surface area contributed by atoms with E-state index in [-0.39, 0.29) is 17.0 Å². The highest BCUT2D eigenvalue weighted by Gasteiger charge is 2.50. The minimum atomic E-state index is -2.04. The van der Waals surface area contributed by atoms with E-state index >= 15 is 0 Å². The van der Waals surface area contributed by atoms with E-state index in [4.69, 9.17) is 79.1 Å². The first kappa shape index (κ1) is 18.5. The summed E-state index contributed by atoms with van der Waals surface area (Å²) in [5.41, 5.74) is 0.415. The Morgan fingerprint density at radius 2 is 1.73 bits per heavy atom. The second-order valence-electron chi connectivity index (χ2n) is 4.51. The van der Waals surface area contributed by atoms with Crippen LogP contribution in [0.25, 0.3) is 0 Å². The first-order valence-corrected chi connectivity index (χ1v) is 7.92. The standard InChI is InChI=1S/C11H7Cl6NO4/c1-4-2-5-7(6(3-4)18(19)20)21-9(11(15,16)17)22-8(5)10(12,13)14/h2-3,8-9H,1H3/t8-,9-/m0/s1. The quantitative estimate of drug-likeness (QED) is 0.339. The Bertz CT molecular complexity index is 612. The number of fused-ring (bicyclic) bond motifs is 1. The van der Waals surface area contributed by atoms with Crippen LogP contribution in [0, 0.1) is 17.0 Å². The van der Waals surface area contributed by atoms with E-state index in [1.807, 2.05) is 0 Å². The lowest BCUT2D eigenvalue weighted by Gasteiger charge is -2.37. The fourth-order valence-electron chi connectivity index (χ4n) is 1.97. The van der Waals surface area contributed by atoms with Crippen molar-refractivity contribution in [1.82, 2.24) is 0 Å². The van der Waals surface area contributed by atoms with Gasteiger partial charge in [-0.15, -0.1) is 0 Å². The Morgan fingerprint density at radius 3 is 2.18 bits per heavy atom. The average molecular weight is 430 g/mol. The fraction of sp³-hybridized carbons (Fsp3) is 0.455. The van der Waals surface area contributed by atoms with Gasteiger partial charge in [0.15, 0.2) is 0 Å². The zero-order valence-electron chi connectivity index (χ0n) is 10.7. The Labute approximate surface area is 155 Å². The number of nitrogens with zero attached hydrogens (tertiary/aromatic N) is 1. The van der Waals surface area contributed by atoms with E-state index in [2.05, 4.69) is 0 Å². The Morgan fingerprint density at radius 1 is 1.14 bits per heavy atom. The maximum atomic E-state index is 11.2. The first-order chi connectivity index (χ1) is 9.91. The van der Waals surface area contributed by atoms with Crippen LogP contribution < -0.4 is 4.74 Å². The van der Waals surface area contributed by atoms with E-state index in [0.29, 0.717) is 5.56 Å². The summed E-state index contributed by atoms with van der Waals surface area (Å²) in [4.78, 5) is 10.6. The molecule has 0 radical (unpaired) electrons. The zero-order valence-corrected chi connectivity index (χ0v) is 15.2. The van der Waals surface area contributed by atoms with Gasteiger partial charge >= 0.3 is 5.69 Å². The molecular weight excluding hydrogens is 423 g/mol. The number of ether oxygens (including phenoxy) is 2. The molecule has 0 aromatic heterocycles. The highest BCUT2D eigenvalue weighted by atomic mass is 35.6. The molecule has 1 aromatic rings. The van der Waals surface area contributed by atoms with Gasteiger partial charge in [0.25, 0.3) is 3.79 Å². The number of hydrogen-bond donors (Lipinski definition) is 0. The molecule has 0 spiro atoms. The number of alkyl halides is 6. The van der Waals surface area contributed by atoms with Crippen molar-refractivity contribution in [2.75, 3.05) is 0 Å². The van der Waals surface area contributed by atoms with Gasteiger partial charge in [-0.25, -0.2) is 0 Å². The van der Waals surface area contributed by atoms with Gasteiger partial charge in [-0.05, 0) is 18.6 Å². The van der Waals surface area contributed by atoms with Crippen LogP contribution in [0.15, 0.2) is 12.1 Å². The largest absolute Gasteiger partial charge is 0.453 e. The number of hydrogen-bond acceptors (Lipinski definition) is 4. The summed E-state index contributed by atoms with van der Waals surface area (Å²) in [5.74, 6) is -0.158. The van der Waals surface area contributed by atoms with Crippen molar-refractivity contribution in [3.63, 3.8) is 0 Å². The van der Waals surface area contributed by atoms with Crippen molar-refractivity contribution in [1.29, 1.82) is 0 Å². The number of benzene rings is 1. The number of halogens is 6. The SMILES string of the molecule is Cc1cc2c(c([N+](=O)[O-])c1)O[C@H](C(Cl)(Cl)Cl)O[C@@H]2C(Cl)(Cl)Cl. The van der Waals surface area contributed by atoms with Crippen molar-refractivity contribution in [3.05, 3.63) is 33.4 Å². The van der Waals surface area contributed by atoms with Gasteiger partial charge in [-0.2, -0.15) is 0 Å². The van der Waals surface area contributed by atoms with Gasteiger partial charge < -0.3 is 9.47 Å². The maximum absolute atomic E-state index is 11.2. The van der Waals surface area contributed by atoms with E-state index in [1.165, 1.54) is 6.07 Å². The molecular formula is C11H7Cl6NO4. The van der Waals surface area contributed by atoms with Crippen LogP contribution in [0.1, 0.15) is 17.2 Å². The summed E-state index contributed by atoms with van der Waals surface area (Å²) in [6.07, 6.45) is -2.69. The first-order valence-electron chi connectivity index (χ1n) is 5.65. The van der Waals surface area contributed by atoms with Crippen molar-refractivity contribution in [3.8, 4) is 5.75 Å². The van der Waals surface area contributed by atoms with Gasteiger partial charge in [-0.3, -0.25) is 10.1 Å². The number of rotatable bonds is 1. The monoisotopic (exact) mass is 427 g/mol. The lowest BCUT2D eigenvalue weighted by atomic mass is 10.0. The summed E-state index contributed by atoms with van der Waals surface area (Å²) in [5, 5.41) is 11.2. The molecule has 122 valence electrons. The van der Waals surface area contributed by atoms with E-state index in [1.54, 1.807) is 13.0 Å². The molecule has 2 rings (SSSR count). The minimum absolute atomic E-state index is 0.158. The Hall–Kier alpha value is 0.120. The van der Waals surface area contributed by atoms with Crippen molar-refractivity contribution in [2.45, 2.75) is 26.9 Å². The van der Waals surface area contributed by atoms with Crippen LogP contribution in [-0.2, 0) is 4.74 Å². The van der Waals surface area contributed by atoms with E-state index < -0.39 is 24.9 Å². The molecule has 1 aliphatic rings. The van der Waals surface area contributed by atoms with Crippen molar-refractivity contribution < 1.29 is 14.4 Å². The smallest absolute Gasteiger partial charge is 0.311 e. The third kappa shape index (κ3) is 3.78. The molecule has 1 heterocycles. The number of nitro benzene ring substituents is 1. The second-order valence-corrected chi connectivity index (χ2v) is 9.25. The zero-order chi connectivity index (χ0) is 16.9. The third-order valence-electron chi connectivity index (χ3n) is 2.77. The van der Waals surface area contributed by atoms with Gasteiger partial charge in [0, 0.05) is 11.6 Å². The van der Waals surface area contributed by atoms with Gasteiger partial charge in [0.1, 0.15) is 6.10 Å². The Kier molecular flexibility index (Phi) is 5.21.